The lowest BCUT2D eigenvalue weighted by Gasteiger charge is -2.14. The lowest BCUT2D eigenvalue weighted by molar-refractivity contribution is -0.00432. The normalized spacial score (nSPS) is 12.6. The maximum Gasteiger partial charge on any atom is 0.338 e. The lowest BCUT2D eigenvalue weighted by Crippen LogP contribution is -2.16. The van der Waals surface area contributed by atoms with E-state index in [0.717, 1.165) is 26.1 Å². The third-order valence-corrected chi connectivity index (χ3v) is 7.54. The van der Waals surface area contributed by atoms with Crippen molar-refractivity contribution in [2.75, 3.05) is 92.5 Å². The van der Waals surface area contributed by atoms with Gasteiger partial charge in [0.25, 0.3) is 0 Å². The zero-order chi connectivity index (χ0) is 33.5. The van der Waals surface area contributed by atoms with Crippen LogP contribution in [0.3, 0.4) is 0 Å². The molecule has 0 saturated heterocycles. The Balaban J connectivity index is 2.05. The Morgan fingerprint density at radius 2 is 0.870 bits per heavy atom. The van der Waals surface area contributed by atoms with Gasteiger partial charge in [-0.15, -0.1) is 0 Å². The second kappa shape index (κ2) is 30.3. The van der Waals surface area contributed by atoms with Crippen molar-refractivity contribution in [2.24, 2.45) is 11.8 Å². The molecule has 0 bridgehead atoms. The zero-order valence-electron chi connectivity index (χ0n) is 29.1. The van der Waals surface area contributed by atoms with Crippen LogP contribution >= 0.6 is 0 Å². The van der Waals surface area contributed by atoms with Gasteiger partial charge in [0.1, 0.15) is 13.2 Å². The van der Waals surface area contributed by atoms with Crippen molar-refractivity contribution >= 4 is 11.9 Å². The molecule has 10 heteroatoms. The Morgan fingerprint density at radius 1 is 0.522 bits per heavy atom. The summed E-state index contributed by atoms with van der Waals surface area (Å²) in [6, 6.07) is 6.25. The van der Waals surface area contributed by atoms with Gasteiger partial charge in [0.15, 0.2) is 0 Å². The molecule has 0 aliphatic heterocycles. The summed E-state index contributed by atoms with van der Waals surface area (Å²) in [5, 5.41) is 0. The van der Waals surface area contributed by atoms with Crippen molar-refractivity contribution in [1.82, 2.24) is 0 Å². The topological polar surface area (TPSA) is 108 Å². The number of esters is 2. The number of unbranched alkanes of at least 4 members (excludes halogenated alkanes) is 2. The fourth-order valence-corrected chi connectivity index (χ4v) is 4.50. The molecule has 46 heavy (non-hydrogen) atoms. The summed E-state index contributed by atoms with van der Waals surface area (Å²) in [6.07, 6.45) is 9.63. The molecular weight excluding hydrogens is 592 g/mol. The van der Waals surface area contributed by atoms with Gasteiger partial charge in [0.2, 0.25) is 0 Å². The number of ether oxygens (including phenoxy) is 8. The number of carbonyl (C=O) groups is 2. The van der Waals surface area contributed by atoms with E-state index in [4.69, 9.17) is 37.9 Å². The first-order chi connectivity index (χ1) is 22.5. The molecule has 0 heterocycles. The first-order valence-electron chi connectivity index (χ1n) is 17.5. The van der Waals surface area contributed by atoms with Gasteiger partial charge in [-0.3, -0.25) is 0 Å². The first kappa shape index (κ1) is 41.9. The molecule has 0 spiro atoms. The molecule has 2 unspecified atom stereocenters. The Bertz CT molecular complexity index is 800. The van der Waals surface area contributed by atoms with E-state index >= 15 is 0 Å². The fourth-order valence-electron chi connectivity index (χ4n) is 4.50. The molecule has 2 atom stereocenters. The van der Waals surface area contributed by atoms with Crippen molar-refractivity contribution in [3.8, 4) is 0 Å². The van der Waals surface area contributed by atoms with Crippen LogP contribution in [0.1, 0.15) is 99.8 Å². The van der Waals surface area contributed by atoms with E-state index in [9.17, 15) is 9.59 Å². The van der Waals surface area contributed by atoms with Crippen LogP contribution in [0.2, 0.25) is 0 Å². The summed E-state index contributed by atoms with van der Waals surface area (Å²) in [5.41, 5.74) is 0.530. The number of benzene rings is 1. The lowest BCUT2D eigenvalue weighted by atomic mass is 10.0. The number of hydrogen-bond acceptors (Lipinski definition) is 10. The number of carbonyl (C=O) groups excluding carboxylic acids is 2. The summed E-state index contributed by atoms with van der Waals surface area (Å²) in [7, 11) is 0. The fraction of sp³-hybridized carbons (Fsp3) is 0.778. The van der Waals surface area contributed by atoms with Gasteiger partial charge in [-0.1, -0.05) is 72.3 Å². The van der Waals surface area contributed by atoms with Gasteiger partial charge in [0.05, 0.1) is 77.2 Å². The molecule has 10 nitrogen and oxygen atoms in total. The maximum absolute atomic E-state index is 12.4. The molecule has 0 amide bonds. The van der Waals surface area contributed by atoms with Crippen LogP contribution in [0.4, 0.5) is 0 Å². The van der Waals surface area contributed by atoms with E-state index < -0.39 is 11.9 Å². The third kappa shape index (κ3) is 22.4. The molecule has 0 aliphatic rings. The van der Waals surface area contributed by atoms with Gasteiger partial charge in [-0.2, -0.15) is 0 Å². The van der Waals surface area contributed by atoms with Crippen molar-refractivity contribution < 1.29 is 47.5 Å². The van der Waals surface area contributed by atoms with Crippen LogP contribution in [-0.2, 0) is 37.9 Å². The molecule has 0 aliphatic carbocycles. The average Bonchev–Trinajstić information content (AvgIpc) is 3.08. The molecule has 266 valence electrons. The van der Waals surface area contributed by atoms with E-state index in [1.54, 1.807) is 18.2 Å². The highest BCUT2D eigenvalue weighted by molar-refractivity contribution is 5.95. The molecule has 1 aromatic carbocycles. The van der Waals surface area contributed by atoms with Crippen LogP contribution in [0.25, 0.3) is 0 Å². The van der Waals surface area contributed by atoms with E-state index in [1.807, 2.05) is 0 Å². The summed E-state index contributed by atoms with van der Waals surface area (Å²) in [5.74, 6) is 0.176. The maximum atomic E-state index is 12.4. The minimum absolute atomic E-state index is 0.0965. The van der Waals surface area contributed by atoms with Crippen molar-refractivity contribution in [3.63, 3.8) is 0 Å². The smallest absolute Gasteiger partial charge is 0.338 e. The van der Waals surface area contributed by atoms with Gasteiger partial charge in [0, 0.05) is 13.2 Å². The third-order valence-electron chi connectivity index (χ3n) is 7.54. The Kier molecular flexibility index (Phi) is 27.6. The van der Waals surface area contributed by atoms with Gasteiger partial charge < -0.3 is 37.9 Å². The summed E-state index contributed by atoms with van der Waals surface area (Å²) in [4.78, 5) is 24.8. The molecule has 0 aromatic heterocycles. The largest absolute Gasteiger partial charge is 0.460 e. The number of hydrogen-bond donors (Lipinski definition) is 0. The Labute approximate surface area is 278 Å². The SMILES string of the molecule is CCCCC(CC)COCCOCCOCCOC(=O)c1cccc(C(=O)OCCOCCOCCOCC(CC)CCCC)c1. The van der Waals surface area contributed by atoms with Crippen LogP contribution in [-0.4, -0.2) is 104 Å². The number of rotatable bonds is 32. The monoisotopic (exact) mass is 654 g/mol. The molecule has 1 aromatic rings. The van der Waals surface area contributed by atoms with Crippen molar-refractivity contribution in [3.05, 3.63) is 35.4 Å². The molecule has 0 fully saturated rings. The molecule has 0 saturated carbocycles. The van der Waals surface area contributed by atoms with Crippen LogP contribution < -0.4 is 0 Å². The zero-order valence-corrected chi connectivity index (χ0v) is 29.1. The predicted octanol–water partition coefficient (Wildman–Crippen LogP) is 6.53. The molecule has 1 rings (SSSR count). The standard InChI is InChI=1S/C36H62O10/c1-5-9-12-31(7-3)29-43-22-20-39-16-18-41-24-26-45-35(37)33-14-11-15-34(28-33)36(38)46-27-25-42-19-17-40-21-23-44-30-32(8-4)13-10-6-2/h11,14-15,28,31-32H,5-10,12-13,16-27,29-30H2,1-4H3. The minimum atomic E-state index is -0.536. The summed E-state index contributed by atoms with van der Waals surface area (Å²) >= 11 is 0. The molecular formula is C36H62O10. The molecule has 0 N–H and O–H groups in total. The van der Waals surface area contributed by atoms with Crippen molar-refractivity contribution in [1.29, 1.82) is 0 Å². The quantitative estimate of drug-likeness (QED) is 0.0628. The van der Waals surface area contributed by atoms with Crippen LogP contribution in [0.15, 0.2) is 24.3 Å². The average molecular weight is 655 g/mol. The highest BCUT2D eigenvalue weighted by atomic mass is 16.6. The minimum Gasteiger partial charge on any atom is -0.460 e. The second-order valence-corrected chi connectivity index (χ2v) is 11.3. The highest BCUT2D eigenvalue weighted by Gasteiger charge is 2.13. The van der Waals surface area contributed by atoms with Gasteiger partial charge in [-0.25, -0.2) is 9.59 Å². The van der Waals surface area contributed by atoms with Crippen LogP contribution in [0.5, 0.6) is 0 Å². The van der Waals surface area contributed by atoms with Crippen molar-refractivity contribution in [2.45, 2.75) is 79.1 Å². The summed E-state index contributed by atoms with van der Waals surface area (Å²) in [6.45, 7) is 15.0. The summed E-state index contributed by atoms with van der Waals surface area (Å²) < 4.78 is 44.0. The van der Waals surface area contributed by atoms with Gasteiger partial charge in [-0.05, 0) is 42.9 Å². The van der Waals surface area contributed by atoms with E-state index in [1.165, 1.54) is 44.6 Å². The Hall–Kier alpha value is -2.08. The second-order valence-electron chi connectivity index (χ2n) is 11.3. The van der Waals surface area contributed by atoms with E-state index in [-0.39, 0.29) is 37.6 Å². The van der Waals surface area contributed by atoms with Gasteiger partial charge >= 0.3 is 11.9 Å². The van der Waals surface area contributed by atoms with E-state index in [2.05, 4.69) is 27.7 Å². The molecule has 0 radical (unpaired) electrons. The predicted molar refractivity (Wildman–Crippen MR) is 179 cm³/mol. The highest BCUT2D eigenvalue weighted by Crippen LogP contribution is 2.14. The Morgan fingerprint density at radius 3 is 1.22 bits per heavy atom. The van der Waals surface area contributed by atoms with E-state index in [0.29, 0.717) is 64.7 Å². The first-order valence-corrected chi connectivity index (χ1v) is 17.5. The van der Waals surface area contributed by atoms with Crippen LogP contribution in [0, 0.1) is 11.8 Å².